The van der Waals surface area contributed by atoms with E-state index in [2.05, 4.69) is 16.7 Å². The Bertz CT molecular complexity index is 500. The topological polar surface area (TPSA) is 74.2 Å². The van der Waals surface area contributed by atoms with Gasteiger partial charge in [-0.3, -0.25) is 0 Å². The maximum atomic E-state index is 11.7. The van der Waals surface area contributed by atoms with Crippen molar-refractivity contribution in [1.82, 2.24) is 10.6 Å². The highest BCUT2D eigenvalue weighted by Crippen LogP contribution is 2.14. The minimum atomic E-state index is -0.486. The summed E-state index contributed by atoms with van der Waals surface area (Å²) in [4.78, 5) is 13.5. The first kappa shape index (κ1) is 17.5. The molecule has 1 amide bonds. The van der Waals surface area contributed by atoms with Crippen molar-refractivity contribution >= 4 is 17.4 Å². The number of hydrogen-bond donors (Lipinski definition) is 2. The zero-order valence-corrected chi connectivity index (χ0v) is 13.8. The lowest BCUT2D eigenvalue weighted by atomic mass is 10.2. The molecule has 0 aliphatic rings. The summed E-state index contributed by atoms with van der Waals surface area (Å²) >= 11 is 1.48. The van der Waals surface area contributed by atoms with Crippen molar-refractivity contribution in [3.63, 3.8) is 0 Å². The Morgan fingerprint density at radius 1 is 1.48 bits per heavy atom. The molecule has 1 unspecified atom stereocenters. The van der Waals surface area contributed by atoms with Crippen molar-refractivity contribution in [3.05, 3.63) is 21.9 Å². The number of alkyl carbamates (subject to hydrolysis) is 1. The molecule has 5 nitrogen and oxygen atoms in total. The van der Waals surface area contributed by atoms with Crippen LogP contribution < -0.4 is 10.6 Å². The average molecular weight is 309 g/mol. The van der Waals surface area contributed by atoms with E-state index in [1.165, 1.54) is 11.3 Å². The van der Waals surface area contributed by atoms with Crippen molar-refractivity contribution in [2.45, 2.75) is 52.3 Å². The Kier molecular flexibility index (Phi) is 6.66. The van der Waals surface area contributed by atoms with Gasteiger partial charge in [0.15, 0.2) is 0 Å². The second kappa shape index (κ2) is 8.01. The fourth-order valence-corrected chi connectivity index (χ4v) is 2.45. The van der Waals surface area contributed by atoms with Crippen LogP contribution in [0.2, 0.25) is 0 Å². The summed E-state index contributed by atoms with van der Waals surface area (Å²) in [5.41, 5.74) is -0.486. The van der Waals surface area contributed by atoms with Gasteiger partial charge in [0.05, 0.1) is 0 Å². The van der Waals surface area contributed by atoms with E-state index in [0.29, 0.717) is 18.0 Å². The summed E-state index contributed by atoms with van der Waals surface area (Å²) in [5.74, 6) is 0. The number of hydrogen-bond acceptors (Lipinski definition) is 5. The van der Waals surface area contributed by atoms with Gasteiger partial charge in [-0.25, -0.2) is 4.79 Å². The molecule has 0 fully saturated rings. The van der Waals surface area contributed by atoms with Crippen molar-refractivity contribution in [1.29, 1.82) is 5.26 Å². The highest BCUT2D eigenvalue weighted by molar-refractivity contribution is 7.12. The minimum absolute atomic E-state index is 0.0234. The second-order valence-electron chi connectivity index (χ2n) is 5.76. The molecule has 1 aromatic heterocycles. The van der Waals surface area contributed by atoms with Gasteiger partial charge >= 0.3 is 6.09 Å². The number of thiophene rings is 1. The van der Waals surface area contributed by atoms with Crippen molar-refractivity contribution in [2.75, 3.05) is 6.54 Å². The van der Waals surface area contributed by atoms with Crippen LogP contribution in [0.3, 0.4) is 0 Å². The molecule has 116 valence electrons. The highest BCUT2D eigenvalue weighted by Gasteiger charge is 2.18. The quantitative estimate of drug-likeness (QED) is 0.847. The molecule has 1 heterocycles. The molecule has 0 aliphatic heterocycles. The molecule has 1 aromatic rings. The summed E-state index contributed by atoms with van der Waals surface area (Å²) in [6.07, 6.45) is 0.430. The molecule has 6 heteroatoms. The molecular formula is C15H23N3O2S. The Morgan fingerprint density at radius 3 is 2.71 bits per heavy atom. The van der Waals surface area contributed by atoms with Gasteiger partial charge < -0.3 is 15.4 Å². The number of nitriles is 1. The van der Waals surface area contributed by atoms with E-state index >= 15 is 0 Å². The summed E-state index contributed by atoms with van der Waals surface area (Å²) in [6.45, 7) is 8.90. The number of rotatable bonds is 6. The summed E-state index contributed by atoms with van der Waals surface area (Å²) in [6, 6.07) is 5.91. The molecule has 0 saturated heterocycles. The SMILES string of the molecule is CCC(CNCc1ccc(C#N)s1)NC(=O)OC(C)(C)C. The van der Waals surface area contributed by atoms with E-state index in [1.54, 1.807) is 0 Å². The normalized spacial score (nSPS) is 12.5. The van der Waals surface area contributed by atoms with Crippen molar-refractivity contribution < 1.29 is 9.53 Å². The smallest absolute Gasteiger partial charge is 0.407 e. The van der Waals surface area contributed by atoms with Gasteiger partial charge in [0.25, 0.3) is 0 Å². The second-order valence-corrected chi connectivity index (χ2v) is 6.93. The fraction of sp³-hybridized carbons (Fsp3) is 0.600. The van der Waals surface area contributed by atoms with Gasteiger partial charge in [-0.05, 0) is 39.3 Å². The third-order valence-corrected chi connectivity index (χ3v) is 3.67. The molecule has 0 saturated carbocycles. The number of nitrogens with zero attached hydrogens (tertiary/aromatic N) is 1. The van der Waals surface area contributed by atoms with E-state index in [1.807, 2.05) is 39.8 Å². The first-order valence-electron chi connectivity index (χ1n) is 7.03. The van der Waals surface area contributed by atoms with Crippen LogP contribution >= 0.6 is 11.3 Å². The Balaban J connectivity index is 2.34. The number of carbonyl (C=O) groups excluding carboxylic acids is 1. The van der Waals surface area contributed by atoms with Gasteiger partial charge in [0.1, 0.15) is 16.5 Å². The molecule has 0 radical (unpaired) electrons. The molecule has 2 N–H and O–H groups in total. The van der Waals surface area contributed by atoms with Crippen molar-refractivity contribution in [3.8, 4) is 6.07 Å². The van der Waals surface area contributed by atoms with Gasteiger partial charge in [0.2, 0.25) is 0 Å². The van der Waals surface area contributed by atoms with Gasteiger partial charge in [0, 0.05) is 24.0 Å². The molecule has 21 heavy (non-hydrogen) atoms. The van der Waals surface area contributed by atoms with Crippen LogP contribution in [-0.4, -0.2) is 24.3 Å². The molecule has 0 aromatic carbocycles. The van der Waals surface area contributed by atoms with Crippen LogP contribution in [0, 0.1) is 11.3 Å². The standard InChI is InChI=1S/C15H23N3O2S/c1-5-11(18-14(19)20-15(2,3)4)9-17-10-13-7-6-12(8-16)21-13/h6-7,11,17H,5,9-10H2,1-4H3,(H,18,19). The predicted molar refractivity (Wildman–Crippen MR) is 84.2 cm³/mol. The predicted octanol–water partition coefficient (Wildman–Crippen LogP) is 3.01. The van der Waals surface area contributed by atoms with Gasteiger partial charge in [-0.15, -0.1) is 11.3 Å². The van der Waals surface area contributed by atoms with Crippen LogP contribution in [0.15, 0.2) is 12.1 Å². The number of nitrogens with one attached hydrogen (secondary N) is 2. The van der Waals surface area contributed by atoms with Gasteiger partial charge in [-0.1, -0.05) is 6.92 Å². The Hall–Kier alpha value is -1.58. The fourth-order valence-electron chi connectivity index (χ4n) is 1.67. The third kappa shape index (κ3) is 7.11. The van der Waals surface area contributed by atoms with E-state index in [9.17, 15) is 4.79 Å². The summed E-state index contributed by atoms with van der Waals surface area (Å²) in [7, 11) is 0. The summed E-state index contributed by atoms with van der Waals surface area (Å²) < 4.78 is 5.24. The lowest BCUT2D eigenvalue weighted by Crippen LogP contribution is -2.43. The van der Waals surface area contributed by atoms with Crippen LogP contribution in [0.4, 0.5) is 4.79 Å². The zero-order valence-electron chi connectivity index (χ0n) is 13.0. The molecule has 0 aliphatic carbocycles. The Labute approximate surface area is 130 Å². The van der Waals surface area contributed by atoms with Gasteiger partial charge in [-0.2, -0.15) is 5.26 Å². The van der Waals surface area contributed by atoms with Crippen molar-refractivity contribution in [2.24, 2.45) is 0 Å². The number of carbonyl (C=O) groups is 1. The molecule has 0 bridgehead atoms. The molecular weight excluding hydrogens is 286 g/mol. The maximum Gasteiger partial charge on any atom is 0.407 e. The van der Waals surface area contributed by atoms with E-state index in [-0.39, 0.29) is 12.1 Å². The maximum absolute atomic E-state index is 11.7. The van der Waals surface area contributed by atoms with Crippen LogP contribution in [0.5, 0.6) is 0 Å². The average Bonchev–Trinajstić information content (AvgIpc) is 2.83. The molecule has 1 atom stereocenters. The highest BCUT2D eigenvalue weighted by atomic mass is 32.1. The van der Waals surface area contributed by atoms with Crippen LogP contribution in [-0.2, 0) is 11.3 Å². The first-order valence-corrected chi connectivity index (χ1v) is 7.84. The third-order valence-electron chi connectivity index (χ3n) is 2.68. The van der Waals surface area contributed by atoms with E-state index in [0.717, 1.165) is 11.3 Å². The molecule has 1 rings (SSSR count). The van der Waals surface area contributed by atoms with Crippen LogP contribution in [0.1, 0.15) is 43.9 Å². The van der Waals surface area contributed by atoms with Crippen LogP contribution in [0.25, 0.3) is 0 Å². The largest absolute Gasteiger partial charge is 0.444 e. The Morgan fingerprint density at radius 2 is 2.19 bits per heavy atom. The minimum Gasteiger partial charge on any atom is -0.444 e. The van der Waals surface area contributed by atoms with E-state index < -0.39 is 5.60 Å². The first-order chi connectivity index (χ1) is 9.84. The zero-order chi connectivity index (χ0) is 15.9. The summed E-state index contributed by atoms with van der Waals surface area (Å²) in [5, 5.41) is 14.9. The lowest BCUT2D eigenvalue weighted by molar-refractivity contribution is 0.0502. The van der Waals surface area contributed by atoms with E-state index in [4.69, 9.17) is 10.00 Å². The monoisotopic (exact) mass is 309 g/mol. The lowest BCUT2D eigenvalue weighted by Gasteiger charge is -2.23. The number of ether oxygens (including phenoxy) is 1. The number of amides is 1. The molecule has 0 spiro atoms.